The molecule has 0 aliphatic carbocycles. The van der Waals surface area contributed by atoms with Crippen molar-refractivity contribution in [3.63, 3.8) is 0 Å². The van der Waals surface area contributed by atoms with E-state index in [1.54, 1.807) is 6.07 Å². The molecule has 1 heterocycles. The Balaban J connectivity index is 2.34. The fraction of sp³-hybridized carbons (Fsp3) is 0.214. The zero-order valence-electron chi connectivity index (χ0n) is 12.2. The quantitative estimate of drug-likeness (QED) is 0.456. The van der Waals surface area contributed by atoms with Crippen molar-refractivity contribution in [2.75, 3.05) is 26.1 Å². The second-order valence-electron chi connectivity index (χ2n) is 4.57. The lowest BCUT2D eigenvalue weighted by Gasteiger charge is -2.07. The van der Waals surface area contributed by atoms with Crippen molar-refractivity contribution in [1.29, 1.82) is 0 Å². The van der Waals surface area contributed by atoms with Gasteiger partial charge in [-0.05, 0) is 22.0 Å². The number of aliphatic imine (C=N–C) groups is 1. The summed E-state index contributed by atoms with van der Waals surface area (Å²) in [6.07, 6.45) is 1.49. The van der Waals surface area contributed by atoms with Gasteiger partial charge in [-0.1, -0.05) is 0 Å². The number of methoxy groups -OCH3 is 1. The van der Waals surface area contributed by atoms with Crippen molar-refractivity contribution in [1.82, 2.24) is 0 Å². The Kier molecular flexibility index (Phi) is 4.81. The van der Waals surface area contributed by atoms with E-state index in [1.165, 1.54) is 31.5 Å². The van der Waals surface area contributed by atoms with E-state index in [9.17, 15) is 10.1 Å². The van der Waals surface area contributed by atoms with Crippen LogP contribution < -0.4 is 9.64 Å². The molecule has 7 nitrogen and oxygen atoms in total. The minimum absolute atomic E-state index is 0.0532. The van der Waals surface area contributed by atoms with E-state index in [2.05, 4.69) is 20.9 Å². The highest BCUT2D eigenvalue weighted by Gasteiger charge is 2.12. The molecule has 0 unspecified atom stereocenters. The summed E-state index contributed by atoms with van der Waals surface area (Å²) < 4.78 is 11.6. The predicted molar refractivity (Wildman–Crippen MR) is 87.6 cm³/mol. The second kappa shape index (κ2) is 6.61. The number of halogens is 1. The first-order valence-corrected chi connectivity index (χ1v) is 7.05. The zero-order valence-corrected chi connectivity index (χ0v) is 13.8. The molecule has 0 aliphatic heterocycles. The van der Waals surface area contributed by atoms with E-state index in [0.29, 0.717) is 23.1 Å². The largest absolute Gasteiger partial charge is 0.494 e. The summed E-state index contributed by atoms with van der Waals surface area (Å²) in [5.41, 5.74) is 0.304. The van der Waals surface area contributed by atoms with Gasteiger partial charge in [0.05, 0.1) is 22.7 Å². The van der Waals surface area contributed by atoms with Crippen LogP contribution in [-0.2, 0) is 0 Å². The number of non-ortho nitro benzene ring substituents is 1. The van der Waals surface area contributed by atoms with Gasteiger partial charge in [-0.3, -0.25) is 10.1 Å². The van der Waals surface area contributed by atoms with Gasteiger partial charge in [0, 0.05) is 32.3 Å². The van der Waals surface area contributed by atoms with Crippen molar-refractivity contribution in [3.05, 3.63) is 44.6 Å². The van der Waals surface area contributed by atoms with Crippen LogP contribution in [0.1, 0.15) is 5.76 Å². The first kappa shape index (κ1) is 16.0. The number of rotatable bonds is 5. The van der Waals surface area contributed by atoms with Gasteiger partial charge in [0.15, 0.2) is 0 Å². The Hall–Kier alpha value is -2.35. The molecule has 116 valence electrons. The van der Waals surface area contributed by atoms with Gasteiger partial charge in [-0.25, -0.2) is 4.99 Å². The van der Waals surface area contributed by atoms with Gasteiger partial charge < -0.3 is 14.1 Å². The maximum atomic E-state index is 10.8. The fourth-order valence-corrected chi connectivity index (χ4v) is 2.43. The maximum Gasteiger partial charge on any atom is 0.271 e. The highest BCUT2D eigenvalue weighted by Crippen LogP contribution is 2.32. The first-order chi connectivity index (χ1) is 10.4. The van der Waals surface area contributed by atoms with Crippen molar-refractivity contribution >= 4 is 39.4 Å². The lowest BCUT2D eigenvalue weighted by molar-refractivity contribution is -0.384. The lowest BCUT2D eigenvalue weighted by atomic mass is 10.2. The van der Waals surface area contributed by atoms with Gasteiger partial charge >= 0.3 is 0 Å². The van der Waals surface area contributed by atoms with E-state index >= 15 is 0 Å². The number of anilines is 1. The van der Waals surface area contributed by atoms with E-state index in [4.69, 9.17) is 9.15 Å². The maximum absolute atomic E-state index is 10.8. The third-order valence-electron chi connectivity index (χ3n) is 2.80. The zero-order chi connectivity index (χ0) is 16.3. The number of benzene rings is 1. The molecule has 0 fully saturated rings. The third kappa shape index (κ3) is 3.45. The molecular weight excluding hydrogens is 354 g/mol. The first-order valence-electron chi connectivity index (χ1n) is 6.25. The second-order valence-corrected chi connectivity index (χ2v) is 5.42. The molecule has 1 aromatic carbocycles. The monoisotopic (exact) mass is 367 g/mol. The average molecular weight is 368 g/mol. The topological polar surface area (TPSA) is 81.1 Å². The molecule has 0 N–H and O–H groups in total. The molecule has 0 aliphatic rings. The molecule has 2 aromatic rings. The molecule has 0 radical (unpaired) electrons. The number of hydrogen-bond acceptors (Lipinski definition) is 6. The normalized spacial score (nSPS) is 10.9. The molecule has 0 saturated heterocycles. The molecular formula is C14H14BrN3O4. The summed E-state index contributed by atoms with van der Waals surface area (Å²) in [6.45, 7) is 0. The number of hydrogen-bond donors (Lipinski definition) is 0. The smallest absolute Gasteiger partial charge is 0.271 e. The van der Waals surface area contributed by atoms with Crippen LogP contribution in [0.3, 0.4) is 0 Å². The van der Waals surface area contributed by atoms with Crippen molar-refractivity contribution < 1.29 is 14.1 Å². The molecule has 2 rings (SSSR count). The Labute approximate surface area is 135 Å². The molecule has 0 bridgehead atoms. The van der Waals surface area contributed by atoms with Gasteiger partial charge in [-0.2, -0.15) is 0 Å². The summed E-state index contributed by atoms with van der Waals surface area (Å²) in [5.74, 6) is 1.62. The minimum Gasteiger partial charge on any atom is -0.494 e. The predicted octanol–water partition coefficient (Wildman–Crippen LogP) is 3.78. The molecule has 1 aromatic heterocycles. The number of ether oxygens (including phenoxy) is 1. The van der Waals surface area contributed by atoms with Crippen LogP contribution in [-0.4, -0.2) is 32.3 Å². The summed E-state index contributed by atoms with van der Waals surface area (Å²) in [7, 11) is 5.19. The van der Waals surface area contributed by atoms with Gasteiger partial charge in [-0.15, -0.1) is 0 Å². The number of nitro groups is 1. The molecule has 0 amide bonds. The summed E-state index contributed by atoms with van der Waals surface area (Å²) in [5, 5.41) is 10.8. The van der Waals surface area contributed by atoms with Crippen LogP contribution in [0, 0.1) is 10.1 Å². The molecule has 0 saturated carbocycles. The third-order valence-corrected chi connectivity index (χ3v) is 3.37. The lowest BCUT2D eigenvalue weighted by Crippen LogP contribution is -2.07. The number of furan rings is 1. The van der Waals surface area contributed by atoms with Crippen LogP contribution in [0.5, 0.6) is 5.75 Å². The molecule has 8 heteroatoms. The van der Waals surface area contributed by atoms with Crippen LogP contribution in [0.15, 0.2) is 38.1 Å². The van der Waals surface area contributed by atoms with Crippen LogP contribution in [0.25, 0.3) is 0 Å². The highest BCUT2D eigenvalue weighted by molar-refractivity contribution is 9.10. The number of nitrogens with zero attached hydrogens (tertiary/aromatic N) is 3. The Morgan fingerprint density at radius 1 is 1.41 bits per heavy atom. The Morgan fingerprint density at radius 3 is 2.68 bits per heavy atom. The molecule has 0 atom stereocenters. The minimum atomic E-state index is -0.480. The van der Waals surface area contributed by atoms with E-state index in [1.807, 2.05) is 19.0 Å². The summed E-state index contributed by atoms with van der Waals surface area (Å²) in [4.78, 5) is 16.4. The summed E-state index contributed by atoms with van der Waals surface area (Å²) >= 11 is 3.39. The Morgan fingerprint density at radius 2 is 2.14 bits per heavy atom. The van der Waals surface area contributed by atoms with Gasteiger partial charge in [0.25, 0.3) is 5.69 Å². The summed E-state index contributed by atoms with van der Waals surface area (Å²) in [6, 6.07) is 5.99. The molecule has 0 spiro atoms. The van der Waals surface area contributed by atoms with Crippen molar-refractivity contribution in [2.45, 2.75) is 0 Å². The van der Waals surface area contributed by atoms with Gasteiger partial charge in [0.1, 0.15) is 17.2 Å². The van der Waals surface area contributed by atoms with Crippen molar-refractivity contribution in [2.24, 2.45) is 4.99 Å². The van der Waals surface area contributed by atoms with E-state index in [-0.39, 0.29) is 5.69 Å². The van der Waals surface area contributed by atoms with Crippen LogP contribution in [0.2, 0.25) is 0 Å². The standard InChI is InChI=1S/C14H14BrN3O4/c1-17(2)14-11(15)7-10(22-14)8-16-12-6-9(18(19)20)4-5-13(12)21-3/h4-8H,1-3H3. The van der Waals surface area contributed by atoms with Crippen molar-refractivity contribution in [3.8, 4) is 5.75 Å². The number of nitro benzene ring substituents is 1. The fourth-order valence-electron chi connectivity index (χ4n) is 1.77. The average Bonchev–Trinajstić information content (AvgIpc) is 2.86. The Bertz CT molecular complexity index is 725. The molecule has 22 heavy (non-hydrogen) atoms. The van der Waals surface area contributed by atoms with E-state index < -0.39 is 4.92 Å². The SMILES string of the molecule is COc1ccc([N+](=O)[O-])cc1N=Cc1cc(Br)c(N(C)C)o1. The van der Waals surface area contributed by atoms with E-state index in [0.717, 1.165) is 4.47 Å². The van der Waals surface area contributed by atoms with Crippen LogP contribution in [0.4, 0.5) is 17.3 Å². The highest BCUT2D eigenvalue weighted by atomic mass is 79.9. The van der Waals surface area contributed by atoms with Gasteiger partial charge in [0.2, 0.25) is 5.88 Å². The van der Waals surface area contributed by atoms with Crippen LogP contribution >= 0.6 is 15.9 Å².